The van der Waals surface area contributed by atoms with Gasteiger partial charge in [0.2, 0.25) is 5.91 Å². The van der Waals surface area contributed by atoms with Gasteiger partial charge >= 0.3 is 6.09 Å². The second-order valence-corrected chi connectivity index (χ2v) is 14.0. The van der Waals surface area contributed by atoms with Crippen molar-refractivity contribution in [3.8, 4) is 11.5 Å². The molecule has 0 spiro atoms. The topological polar surface area (TPSA) is 86.3 Å². The zero-order valence-corrected chi connectivity index (χ0v) is 30.1. The molecule has 2 amide bonds. The van der Waals surface area contributed by atoms with Crippen LogP contribution in [-0.2, 0) is 33.7 Å². The molecule has 0 aromatic heterocycles. The molecule has 1 N–H and O–H groups in total. The van der Waals surface area contributed by atoms with Gasteiger partial charge in [0.25, 0.3) is 0 Å². The van der Waals surface area contributed by atoms with E-state index in [1.165, 1.54) is 5.56 Å². The molecule has 1 aliphatic rings. The summed E-state index contributed by atoms with van der Waals surface area (Å²) < 4.78 is 22.3. The predicted octanol–water partition coefficient (Wildman–Crippen LogP) is 8.01. The number of ether oxygens (including phenoxy) is 4. The molecule has 4 rings (SSSR count). The number of halogens is 2. The zero-order chi connectivity index (χ0) is 34.7. The lowest BCUT2D eigenvalue weighted by Crippen LogP contribution is -2.44. The van der Waals surface area contributed by atoms with Crippen LogP contribution in [0.25, 0.3) is 0 Å². The molecule has 3 aromatic carbocycles. The second kappa shape index (κ2) is 17.8. The van der Waals surface area contributed by atoms with E-state index in [4.69, 9.17) is 42.1 Å². The maximum Gasteiger partial charge on any atom is 0.407 e. The van der Waals surface area contributed by atoms with E-state index in [2.05, 4.69) is 17.4 Å². The molecule has 10 heteroatoms. The van der Waals surface area contributed by atoms with Gasteiger partial charge in [0.15, 0.2) is 5.75 Å². The number of rotatable bonds is 17. The number of aryl methyl sites for hydroxylation is 2. The molecule has 1 saturated carbocycles. The molecule has 1 radical (unpaired) electrons. The molecule has 0 heterocycles. The third kappa shape index (κ3) is 12.2. The normalized spacial score (nSPS) is 13.5. The minimum atomic E-state index is -0.645. The van der Waals surface area contributed by atoms with Crippen molar-refractivity contribution in [3.05, 3.63) is 93.0 Å². The van der Waals surface area contributed by atoms with E-state index >= 15 is 0 Å². The number of nitrogens with zero attached hydrogens (tertiary/aromatic N) is 1. The van der Waals surface area contributed by atoms with Crippen LogP contribution in [0.15, 0.2) is 54.6 Å². The highest BCUT2D eigenvalue weighted by Crippen LogP contribution is 2.34. The summed E-state index contributed by atoms with van der Waals surface area (Å²) in [6.07, 6.45) is 3.64. The van der Waals surface area contributed by atoms with Crippen LogP contribution in [0.5, 0.6) is 11.5 Å². The van der Waals surface area contributed by atoms with Crippen LogP contribution in [0.1, 0.15) is 62.3 Å². The monoisotopic (exact) mass is 697 g/mol. The Morgan fingerprint density at radius 2 is 1.62 bits per heavy atom. The van der Waals surface area contributed by atoms with Crippen molar-refractivity contribution in [2.24, 2.45) is 5.92 Å². The molecule has 0 bridgehead atoms. The lowest BCUT2D eigenvalue weighted by Gasteiger charge is -2.28. The van der Waals surface area contributed by atoms with Gasteiger partial charge in [0.1, 0.15) is 24.6 Å². The van der Waals surface area contributed by atoms with Crippen molar-refractivity contribution in [2.75, 3.05) is 33.5 Å². The molecular formula is C38H47Cl2N2O6. The Balaban J connectivity index is 1.41. The van der Waals surface area contributed by atoms with Crippen molar-refractivity contribution in [1.29, 1.82) is 0 Å². The summed E-state index contributed by atoms with van der Waals surface area (Å²) in [7, 11) is 1.70. The standard InChI is InChI=1S/C38H47Cl2N2O6/c1-26-20-33(39)35(34(40)21-26)47-19-18-46-32-15-11-28(12-16-32)23-30(24-41-37(44)48-38(2,3)4)36(43)42(31-13-14-31)25-29-9-6-8-27(22-29)10-7-17-45-5/h8-9,11-12,15-16,20-22,30-31H,7,10,13-14,17-19,23-25H2,1-5H3,(H,41,44). The van der Waals surface area contributed by atoms with E-state index in [-0.39, 0.29) is 25.1 Å². The van der Waals surface area contributed by atoms with Crippen molar-refractivity contribution in [3.63, 3.8) is 0 Å². The van der Waals surface area contributed by atoms with Gasteiger partial charge in [-0.1, -0.05) is 47.5 Å². The molecule has 3 aromatic rings. The Kier molecular flexibility index (Phi) is 13.9. The van der Waals surface area contributed by atoms with E-state index in [9.17, 15) is 9.59 Å². The number of methoxy groups -OCH3 is 1. The summed E-state index contributed by atoms with van der Waals surface area (Å²) in [5, 5.41) is 3.76. The van der Waals surface area contributed by atoms with E-state index < -0.39 is 17.6 Å². The fraction of sp³-hybridized carbons (Fsp3) is 0.474. The Morgan fingerprint density at radius 3 is 2.27 bits per heavy atom. The summed E-state index contributed by atoms with van der Waals surface area (Å²) in [5.41, 5.74) is 3.48. The molecule has 1 atom stereocenters. The lowest BCUT2D eigenvalue weighted by molar-refractivity contribution is -0.136. The van der Waals surface area contributed by atoms with Gasteiger partial charge in [-0.3, -0.25) is 4.79 Å². The van der Waals surface area contributed by atoms with Gasteiger partial charge in [0.05, 0.1) is 16.0 Å². The average molecular weight is 699 g/mol. The van der Waals surface area contributed by atoms with Crippen LogP contribution in [0.3, 0.4) is 0 Å². The van der Waals surface area contributed by atoms with Crippen LogP contribution >= 0.6 is 23.2 Å². The minimum Gasteiger partial charge on any atom is -0.490 e. The number of amides is 2. The van der Waals surface area contributed by atoms with Crippen LogP contribution in [0.2, 0.25) is 10.0 Å². The SMILES string of the molecule is COCCCc1c[c]cc(CN(C(=O)C(CNC(=O)OC(C)(C)C)Cc2ccc(OCCOc3c(Cl)cc(C)cc3Cl)cc2)C2CC2)c1. The van der Waals surface area contributed by atoms with Crippen molar-refractivity contribution >= 4 is 35.2 Å². The molecule has 8 nitrogen and oxygen atoms in total. The second-order valence-electron chi connectivity index (χ2n) is 13.2. The number of carbonyl (C=O) groups excluding carboxylic acids is 2. The largest absolute Gasteiger partial charge is 0.490 e. The van der Waals surface area contributed by atoms with Crippen LogP contribution in [-0.4, -0.2) is 62.0 Å². The molecule has 259 valence electrons. The maximum atomic E-state index is 14.2. The molecular weight excluding hydrogens is 651 g/mol. The third-order valence-corrected chi connectivity index (χ3v) is 8.29. The van der Waals surface area contributed by atoms with E-state index in [1.54, 1.807) is 19.2 Å². The van der Waals surface area contributed by atoms with Gasteiger partial charge in [-0.05, 0) is 118 Å². The summed E-state index contributed by atoms with van der Waals surface area (Å²) >= 11 is 12.6. The number of nitrogens with one attached hydrogen (secondary N) is 1. The first kappa shape index (κ1) is 37.4. The van der Waals surface area contributed by atoms with Gasteiger partial charge < -0.3 is 29.2 Å². The Labute approximate surface area is 295 Å². The Morgan fingerprint density at radius 1 is 0.958 bits per heavy atom. The predicted molar refractivity (Wildman–Crippen MR) is 189 cm³/mol. The number of carbonyl (C=O) groups is 2. The zero-order valence-electron chi connectivity index (χ0n) is 28.6. The molecule has 0 saturated heterocycles. The van der Waals surface area contributed by atoms with Crippen molar-refractivity contribution < 1.29 is 28.5 Å². The molecule has 1 aliphatic carbocycles. The molecule has 0 aliphatic heterocycles. The average Bonchev–Trinajstić information content (AvgIpc) is 3.86. The quantitative estimate of drug-likeness (QED) is 0.144. The number of hydrogen-bond acceptors (Lipinski definition) is 6. The maximum absolute atomic E-state index is 14.2. The van der Waals surface area contributed by atoms with E-state index in [1.807, 2.05) is 69.0 Å². The molecule has 1 fully saturated rings. The minimum absolute atomic E-state index is 0.00393. The molecule has 1 unspecified atom stereocenters. The highest BCUT2D eigenvalue weighted by Gasteiger charge is 2.36. The molecule has 48 heavy (non-hydrogen) atoms. The van der Waals surface area contributed by atoms with E-state index in [0.717, 1.165) is 42.4 Å². The lowest BCUT2D eigenvalue weighted by atomic mass is 9.97. The Bertz CT molecular complexity index is 1480. The summed E-state index contributed by atoms with van der Waals surface area (Å²) in [4.78, 5) is 28.8. The first-order valence-electron chi connectivity index (χ1n) is 16.5. The Hall–Kier alpha value is -3.46. The fourth-order valence-electron chi connectivity index (χ4n) is 5.34. The van der Waals surface area contributed by atoms with Crippen LogP contribution < -0.4 is 14.8 Å². The number of hydrogen-bond donors (Lipinski definition) is 1. The van der Waals surface area contributed by atoms with Gasteiger partial charge in [0, 0.05) is 32.8 Å². The number of benzene rings is 3. The van der Waals surface area contributed by atoms with Gasteiger partial charge in [-0.25, -0.2) is 4.79 Å². The smallest absolute Gasteiger partial charge is 0.407 e. The summed E-state index contributed by atoms with van der Waals surface area (Å²) in [6, 6.07) is 20.7. The van der Waals surface area contributed by atoms with Crippen LogP contribution in [0.4, 0.5) is 4.79 Å². The summed E-state index contributed by atoms with van der Waals surface area (Å²) in [5.74, 6) is 0.617. The fourth-order valence-corrected chi connectivity index (χ4v) is 6.04. The first-order chi connectivity index (χ1) is 22.9. The van der Waals surface area contributed by atoms with Crippen molar-refractivity contribution in [1.82, 2.24) is 10.2 Å². The third-order valence-electron chi connectivity index (χ3n) is 7.73. The van der Waals surface area contributed by atoms with Crippen molar-refractivity contribution in [2.45, 2.75) is 78.0 Å². The summed E-state index contributed by atoms with van der Waals surface area (Å²) in [6.45, 7) is 9.26. The van der Waals surface area contributed by atoms with Gasteiger partial charge in [-0.15, -0.1) is 0 Å². The van der Waals surface area contributed by atoms with E-state index in [0.29, 0.717) is 47.7 Å². The highest BCUT2D eigenvalue weighted by molar-refractivity contribution is 6.37. The first-order valence-corrected chi connectivity index (χ1v) is 17.2. The van der Waals surface area contributed by atoms with Crippen LogP contribution in [0, 0.1) is 18.9 Å². The number of alkyl carbamates (subject to hydrolysis) is 1. The van der Waals surface area contributed by atoms with Gasteiger partial charge in [-0.2, -0.15) is 0 Å². The highest BCUT2D eigenvalue weighted by atomic mass is 35.5.